The largest absolute Gasteiger partial charge is 0.317 e. The molecule has 0 aromatic heterocycles. The molecule has 0 spiro atoms. The van der Waals surface area contributed by atoms with Crippen LogP contribution in [0.15, 0.2) is 0 Å². The minimum atomic E-state index is 0.691. The van der Waals surface area contributed by atoms with Gasteiger partial charge in [0.05, 0.1) is 0 Å². The van der Waals surface area contributed by atoms with Crippen molar-refractivity contribution in [2.45, 2.75) is 65.5 Å². The fourth-order valence-electron chi connectivity index (χ4n) is 1.87. The van der Waals surface area contributed by atoms with Crippen LogP contribution in [0.4, 0.5) is 0 Å². The van der Waals surface area contributed by atoms with Crippen LogP contribution in [0.3, 0.4) is 0 Å². The summed E-state index contributed by atoms with van der Waals surface area (Å²) in [4.78, 5) is 2.51. The van der Waals surface area contributed by atoms with E-state index in [2.05, 4.69) is 45.0 Å². The van der Waals surface area contributed by atoms with Crippen molar-refractivity contribution < 1.29 is 0 Å². The maximum absolute atomic E-state index is 3.47. The van der Waals surface area contributed by atoms with Crippen LogP contribution in [0.5, 0.6) is 0 Å². The Morgan fingerprint density at radius 2 is 1.53 bits per heavy atom. The summed E-state index contributed by atoms with van der Waals surface area (Å²) in [6.07, 6.45) is 5.08. The first-order valence-electron chi connectivity index (χ1n) is 6.56. The third-order valence-electron chi connectivity index (χ3n) is 3.26. The van der Waals surface area contributed by atoms with Crippen LogP contribution < -0.4 is 5.32 Å². The molecule has 0 amide bonds. The molecule has 0 aliphatic rings. The molecule has 0 aliphatic carbocycles. The predicted octanol–water partition coefficient (Wildman–Crippen LogP) is 2.89. The molecule has 0 fully saturated rings. The van der Waals surface area contributed by atoms with Crippen LogP contribution in [0.25, 0.3) is 0 Å². The molecular formula is C13H30N2. The quantitative estimate of drug-likeness (QED) is 0.594. The molecule has 0 heterocycles. The molecule has 0 aromatic rings. The molecule has 0 radical (unpaired) electrons. The first kappa shape index (κ1) is 14.9. The second-order valence-electron chi connectivity index (χ2n) is 4.69. The molecule has 92 valence electrons. The predicted molar refractivity (Wildman–Crippen MR) is 69.4 cm³/mol. The Kier molecular flexibility index (Phi) is 9.12. The van der Waals surface area contributed by atoms with Crippen molar-refractivity contribution in [3.8, 4) is 0 Å². The van der Waals surface area contributed by atoms with Crippen LogP contribution in [0.1, 0.15) is 53.4 Å². The molecule has 2 atom stereocenters. The van der Waals surface area contributed by atoms with E-state index in [1.807, 2.05) is 0 Å². The lowest BCUT2D eigenvalue weighted by molar-refractivity contribution is 0.178. The molecular weight excluding hydrogens is 184 g/mol. The Morgan fingerprint density at radius 3 is 2.07 bits per heavy atom. The Hall–Kier alpha value is -0.0800. The fourth-order valence-corrected chi connectivity index (χ4v) is 1.87. The second kappa shape index (κ2) is 9.17. The zero-order chi connectivity index (χ0) is 11.7. The van der Waals surface area contributed by atoms with Gasteiger partial charge in [-0.1, -0.05) is 20.3 Å². The summed E-state index contributed by atoms with van der Waals surface area (Å²) in [5, 5.41) is 3.47. The van der Waals surface area contributed by atoms with Gasteiger partial charge in [-0.05, 0) is 53.2 Å². The average Bonchev–Trinajstić information content (AvgIpc) is 2.23. The van der Waals surface area contributed by atoms with Gasteiger partial charge < -0.3 is 10.2 Å². The molecule has 2 nitrogen and oxygen atoms in total. The van der Waals surface area contributed by atoms with Crippen molar-refractivity contribution >= 4 is 0 Å². The van der Waals surface area contributed by atoms with E-state index in [9.17, 15) is 0 Å². The lowest BCUT2D eigenvalue weighted by atomic mass is 10.1. The number of hydrogen-bond acceptors (Lipinski definition) is 2. The van der Waals surface area contributed by atoms with Crippen molar-refractivity contribution in [2.24, 2.45) is 0 Å². The van der Waals surface area contributed by atoms with E-state index in [1.54, 1.807) is 0 Å². The standard InChI is InChI=1S/C13H30N2/c1-6-8-12(3)15(5)13(4)9-11-14-10-7-2/h12-14H,6-11H2,1-5H3. The zero-order valence-corrected chi connectivity index (χ0v) is 11.3. The molecule has 0 rings (SSSR count). The first-order valence-corrected chi connectivity index (χ1v) is 6.56. The fraction of sp³-hybridized carbons (Fsp3) is 1.00. The molecule has 2 unspecified atom stereocenters. The van der Waals surface area contributed by atoms with Gasteiger partial charge in [0.25, 0.3) is 0 Å². The van der Waals surface area contributed by atoms with Gasteiger partial charge in [-0.2, -0.15) is 0 Å². The van der Waals surface area contributed by atoms with Crippen molar-refractivity contribution in [1.82, 2.24) is 10.2 Å². The average molecular weight is 214 g/mol. The molecule has 1 N–H and O–H groups in total. The highest BCUT2D eigenvalue weighted by molar-refractivity contribution is 4.70. The van der Waals surface area contributed by atoms with Gasteiger partial charge >= 0.3 is 0 Å². The van der Waals surface area contributed by atoms with Crippen LogP contribution >= 0.6 is 0 Å². The molecule has 0 aromatic carbocycles. The smallest absolute Gasteiger partial charge is 0.00787 e. The summed E-state index contributed by atoms with van der Waals surface area (Å²) < 4.78 is 0. The monoisotopic (exact) mass is 214 g/mol. The van der Waals surface area contributed by atoms with E-state index in [1.165, 1.54) is 25.7 Å². The normalized spacial score (nSPS) is 15.6. The van der Waals surface area contributed by atoms with E-state index in [0.717, 1.165) is 19.1 Å². The maximum Gasteiger partial charge on any atom is 0.00787 e. The minimum absolute atomic E-state index is 0.691. The molecule has 15 heavy (non-hydrogen) atoms. The third-order valence-corrected chi connectivity index (χ3v) is 3.26. The molecule has 0 aliphatic heterocycles. The Labute approximate surface area is 96.4 Å². The van der Waals surface area contributed by atoms with Gasteiger partial charge in [0.15, 0.2) is 0 Å². The van der Waals surface area contributed by atoms with E-state index >= 15 is 0 Å². The van der Waals surface area contributed by atoms with E-state index in [4.69, 9.17) is 0 Å². The number of nitrogens with one attached hydrogen (secondary N) is 1. The topological polar surface area (TPSA) is 15.3 Å². The SMILES string of the molecule is CCCNCCC(C)N(C)C(C)CCC. The highest BCUT2D eigenvalue weighted by Gasteiger charge is 2.14. The van der Waals surface area contributed by atoms with Gasteiger partial charge in [-0.25, -0.2) is 0 Å². The van der Waals surface area contributed by atoms with Crippen molar-refractivity contribution in [1.29, 1.82) is 0 Å². The molecule has 0 bridgehead atoms. The van der Waals surface area contributed by atoms with E-state index in [-0.39, 0.29) is 0 Å². The van der Waals surface area contributed by atoms with Crippen molar-refractivity contribution in [3.63, 3.8) is 0 Å². The highest BCUT2D eigenvalue weighted by atomic mass is 15.1. The van der Waals surface area contributed by atoms with E-state index < -0.39 is 0 Å². The number of nitrogens with zero attached hydrogens (tertiary/aromatic N) is 1. The van der Waals surface area contributed by atoms with Crippen molar-refractivity contribution in [2.75, 3.05) is 20.1 Å². The zero-order valence-electron chi connectivity index (χ0n) is 11.3. The van der Waals surface area contributed by atoms with E-state index in [0.29, 0.717) is 6.04 Å². The van der Waals surface area contributed by atoms with Crippen LogP contribution in [0, 0.1) is 0 Å². The van der Waals surface area contributed by atoms with Crippen LogP contribution in [-0.4, -0.2) is 37.1 Å². The third kappa shape index (κ3) is 6.91. The Morgan fingerprint density at radius 1 is 0.933 bits per heavy atom. The lowest BCUT2D eigenvalue weighted by Gasteiger charge is -2.30. The molecule has 0 saturated heterocycles. The molecule has 0 saturated carbocycles. The Bertz CT molecular complexity index is 136. The van der Waals surface area contributed by atoms with Crippen molar-refractivity contribution in [3.05, 3.63) is 0 Å². The summed E-state index contributed by atoms with van der Waals surface area (Å²) in [5.41, 5.74) is 0. The number of rotatable bonds is 9. The van der Waals surface area contributed by atoms with Gasteiger partial charge in [-0.15, -0.1) is 0 Å². The van der Waals surface area contributed by atoms with Gasteiger partial charge in [0, 0.05) is 12.1 Å². The lowest BCUT2D eigenvalue weighted by Crippen LogP contribution is -2.38. The summed E-state index contributed by atoms with van der Waals surface area (Å²) in [6.45, 7) is 11.4. The Balaban J connectivity index is 3.63. The van der Waals surface area contributed by atoms with Gasteiger partial charge in [0.1, 0.15) is 0 Å². The van der Waals surface area contributed by atoms with Gasteiger partial charge in [0.2, 0.25) is 0 Å². The van der Waals surface area contributed by atoms with Gasteiger partial charge in [-0.3, -0.25) is 0 Å². The minimum Gasteiger partial charge on any atom is -0.317 e. The number of hydrogen-bond donors (Lipinski definition) is 1. The highest BCUT2D eigenvalue weighted by Crippen LogP contribution is 2.09. The second-order valence-corrected chi connectivity index (χ2v) is 4.69. The van der Waals surface area contributed by atoms with Crippen LogP contribution in [0.2, 0.25) is 0 Å². The summed E-state index contributed by atoms with van der Waals surface area (Å²) in [5.74, 6) is 0. The first-order chi connectivity index (χ1) is 7.13. The molecule has 2 heteroatoms. The maximum atomic E-state index is 3.47. The van der Waals surface area contributed by atoms with Crippen LogP contribution in [-0.2, 0) is 0 Å². The summed E-state index contributed by atoms with van der Waals surface area (Å²) >= 11 is 0. The summed E-state index contributed by atoms with van der Waals surface area (Å²) in [7, 11) is 2.25. The summed E-state index contributed by atoms with van der Waals surface area (Å²) in [6, 6.07) is 1.41.